The van der Waals surface area contributed by atoms with Gasteiger partial charge in [-0.1, -0.05) is 42.8 Å². The summed E-state index contributed by atoms with van der Waals surface area (Å²) in [5.41, 5.74) is 1.40. The van der Waals surface area contributed by atoms with Crippen LogP contribution in [-0.2, 0) is 0 Å². The van der Waals surface area contributed by atoms with E-state index in [9.17, 15) is 0 Å². The SMILES string of the molecule is CCNC(C)c1ccc(Br)cc1SC(C)CC. The zero-order valence-corrected chi connectivity index (χ0v) is 13.5. The lowest BCUT2D eigenvalue weighted by Crippen LogP contribution is -2.18. The fraction of sp³-hybridized carbons (Fsp3) is 0.571. The van der Waals surface area contributed by atoms with E-state index in [2.05, 4.69) is 67.1 Å². The molecule has 0 aromatic heterocycles. The maximum absolute atomic E-state index is 3.56. The van der Waals surface area contributed by atoms with E-state index in [-0.39, 0.29) is 0 Å². The Balaban J connectivity index is 2.94. The zero-order chi connectivity index (χ0) is 12.8. The minimum absolute atomic E-state index is 0.416. The second kappa shape index (κ2) is 7.45. The molecule has 0 bridgehead atoms. The Kier molecular flexibility index (Phi) is 6.60. The van der Waals surface area contributed by atoms with Gasteiger partial charge in [0.2, 0.25) is 0 Å². The summed E-state index contributed by atoms with van der Waals surface area (Å²) in [5.74, 6) is 0. The molecule has 0 spiro atoms. The van der Waals surface area contributed by atoms with Crippen LogP contribution in [-0.4, -0.2) is 11.8 Å². The molecule has 3 heteroatoms. The van der Waals surface area contributed by atoms with Gasteiger partial charge in [0.15, 0.2) is 0 Å². The molecule has 0 aliphatic rings. The molecule has 2 unspecified atom stereocenters. The summed E-state index contributed by atoms with van der Waals surface area (Å²) in [4.78, 5) is 1.39. The summed E-state index contributed by atoms with van der Waals surface area (Å²) in [7, 11) is 0. The molecule has 1 aromatic carbocycles. The number of benzene rings is 1. The van der Waals surface area contributed by atoms with Gasteiger partial charge >= 0.3 is 0 Å². The highest BCUT2D eigenvalue weighted by atomic mass is 79.9. The van der Waals surface area contributed by atoms with Crippen LogP contribution in [0.3, 0.4) is 0 Å². The lowest BCUT2D eigenvalue weighted by atomic mass is 10.1. The number of nitrogens with one attached hydrogen (secondary N) is 1. The van der Waals surface area contributed by atoms with E-state index in [1.165, 1.54) is 16.9 Å². The monoisotopic (exact) mass is 315 g/mol. The summed E-state index contributed by atoms with van der Waals surface area (Å²) in [5, 5.41) is 4.15. The van der Waals surface area contributed by atoms with Gasteiger partial charge in [0.05, 0.1) is 0 Å². The molecule has 1 aromatic rings. The van der Waals surface area contributed by atoms with E-state index in [0.29, 0.717) is 11.3 Å². The van der Waals surface area contributed by atoms with Crippen molar-refractivity contribution in [2.24, 2.45) is 0 Å². The van der Waals surface area contributed by atoms with Crippen LogP contribution in [0.15, 0.2) is 27.6 Å². The van der Waals surface area contributed by atoms with Crippen LogP contribution >= 0.6 is 27.7 Å². The first kappa shape index (κ1) is 15.1. The summed E-state index contributed by atoms with van der Waals surface area (Å²) in [6, 6.07) is 7.01. The molecule has 1 rings (SSSR count). The summed E-state index contributed by atoms with van der Waals surface area (Å²) >= 11 is 5.53. The largest absolute Gasteiger partial charge is 0.310 e. The maximum Gasteiger partial charge on any atom is 0.0302 e. The molecule has 0 saturated carbocycles. The molecular formula is C14H22BrNS. The standard InChI is InChI=1S/C14H22BrNS/c1-5-10(3)17-14-9-12(15)7-8-13(14)11(4)16-6-2/h7-11,16H,5-6H2,1-4H3. The van der Waals surface area contributed by atoms with Crippen molar-refractivity contribution in [1.82, 2.24) is 5.32 Å². The van der Waals surface area contributed by atoms with Crippen molar-refractivity contribution in [3.63, 3.8) is 0 Å². The van der Waals surface area contributed by atoms with Crippen molar-refractivity contribution in [3.05, 3.63) is 28.2 Å². The third-order valence-electron chi connectivity index (χ3n) is 2.86. The summed E-state index contributed by atoms with van der Waals surface area (Å²) < 4.78 is 1.16. The number of halogens is 1. The van der Waals surface area contributed by atoms with Crippen molar-refractivity contribution < 1.29 is 0 Å². The third-order valence-corrected chi connectivity index (χ3v) is 4.69. The van der Waals surface area contributed by atoms with E-state index >= 15 is 0 Å². The Morgan fingerprint density at radius 2 is 2.00 bits per heavy atom. The van der Waals surface area contributed by atoms with Crippen LogP contribution in [0.2, 0.25) is 0 Å². The Labute approximate surface area is 118 Å². The zero-order valence-electron chi connectivity index (χ0n) is 11.1. The third kappa shape index (κ3) is 4.65. The molecule has 17 heavy (non-hydrogen) atoms. The minimum Gasteiger partial charge on any atom is -0.310 e. The Hall–Kier alpha value is 0.01000. The molecular weight excluding hydrogens is 294 g/mol. The molecule has 0 aliphatic heterocycles. The molecule has 0 fully saturated rings. The number of hydrogen-bond donors (Lipinski definition) is 1. The van der Waals surface area contributed by atoms with Crippen molar-refractivity contribution >= 4 is 27.7 Å². The molecule has 1 nitrogen and oxygen atoms in total. The fourth-order valence-electron chi connectivity index (χ4n) is 1.68. The predicted octanol–water partition coefficient (Wildman–Crippen LogP) is 5.01. The molecule has 0 saturated heterocycles. The highest BCUT2D eigenvalue weighted by Gasteiger charge is 2.12. The lowest BCUT2D eigenvalue weighted by molar-refractivity contribution is 0.589. The van der Waals surface area contributed by atoms with Gasteiger partial charge < -0.3 is 5.32 Å². The van der Waals surface area contributed by atoms with Gasteiger partial charge in [-0.15, -0.1) is 11.8 Å². The second-order valence-corrected chi connectivity index (χ2v) is 6.69. The van der Waals surface area contributed by atoms with Gasteiger partial charge in [0.1, 0.15) is 0 Å². The van der Waals surface area contributed by atoms with Crippen molar-refractivity contribution in [2.75, 3.05) is 6.54 Å². The first-order valence-corrected chi connectivity index (χ1v) is 7.95. The minimum atomic E-state index is 0.416. The lowest BCUT2D eigenvalue weighted by Gasteiger charge is -2.19. The normalized spacial score (nSPS) is 14.6. The Morgan fingerprint density at radius 3 is 2.59 bits per heavy atom. The summed E-state index contributed by atoms with van der Waals surface area (Å²) in [6.45, 7) is 9.91. The Morgan fingerprint density at radius 1 is 1.29 bits per heavy atom. The molecule has 0 heterocycles. The van der Waals surface area contributed by atoms with E-state index in [0.717, 1.165) is 11.0 Å². The van der Waals surface area contributed by atoms with Crippen LogP contribution in [0.25, 0.3) is 0 Å². The molecule has 1 N–H and O–H groups in total. The van der Waals surface area contributed by atoms with Crippen LogP contribution in [0.4, 0.5) is 0 Å². The topological polar surface area (TPSA) is 12.0 Å². The highest BCUT2D eigenvalue weighted by molar-refractivity contribution is 9.10. The van der Waals surface area contributed by atoms with Gasteiger partial charge in [-0.3, -0.25) is 0 Å². The van der Waals surface area contributed by atoms with Crippen LogP contribution in [0.1, 0.15) is 45.7 Å². The van der Waals surface area contributed by atoms with Gasteiger partial charge in [-0.05, 0) is 37.6 Å². The molecule has 0 radical (unpaired) electrons. The number of rotatable bonds is 6. The molecule has 2 atom stereocenters. The van der Waals surface area contributed by atoms with Crippen LogP contribution in [0, 0.1) is 0 Å². The second-order valence-electron chi connectivity index (χ2n) is 4.30. The summed E-state index contributed by atoms with van der Waals surface area (Å²) in [6.07, 6.45) is 1.20. The number of thioether (sulfide) groups is 1. The van der Waals surface area contributed by atoms with E-state index < -0.39 is 0 Å². The molecule has 96 valence electrons. The van der Waals surface area contributed by atoms with Gasteiger partial charge in [0, 0.05) is 20.7 Å². The van der Waals surface area contributed by atoms with Crippen LogP contribution in [0.5, 0.6) is 0 Å². The van der Waals surface area contributed by atoms with Gasteiger partial charge in [-0.2, -0.15) is 0 Å². The van der Waals surface area contributed by atoms with Gasteiger partial charge in [0.25, 0.3) is 0 Å². The first-order valence-electron chi connectivity index (χ1n) is 6.27. The Bertz CT molecular complexity index is 354. The number of hydrogen-bond acceptors (Lipinski definition) is 2. The van der Waals surface area contributed by atoms with Gasteiger partial charge in [-0.25, -0.2) is 0 Å². The smallest absolute Gasteiger partial charge is 0.0302 e. The average Bonchev–Trinajstić information content (AvgIpc) is 2.29. The highest BCUT2D eigenvalue weighted by Crippen LogP contribution is 2.33. The van der Waals surface area contributed by atoms with Crippen molar-refractivity contribution in [3.8, 4) is 0 Å². The maximum atomic E-state index is 3.56. The van der Waals surface area contributed by atoms with E-state index in [4.69, 9.17) is 0 Å². The average molecular weight is 316 g/mol. The quantitative estimate of drug-likeness (QED) is 0.740. The first-order chi connectivity index (χ1) is 8.08. The molecule has 0 amide bonds. The predicted molar refractivity (Wildman–Crippen MR) is 81.8 cm³/mol. The fourth-order valence-corrected chi connectivity index (χ4v) is 3.37. The van der Waals surface area contributed by atoms with Crippen molar-refractivity contribution in [2.45, 2.75) is 50.3 Å². The molecule has 0 aliphatic carbocycles. The van der Waals surface area contributed by atoms with E-state index in [1.807, 2.05) is 11.8 Å². The van der Waals surface area contributed by atoms with Crippen molar-refractivity contribution in [1.29, 1.82) is 0 Å². The van der Waals surface area contributed by atoms with Crippen LogP contribution < -0.4 is 5.32 Å². The van der Waals surface area contributed by atoms with E-state index in [1.54, 1.807) is 0 Å².